The minimum atomic E-state index is 0.275. The largest absolute Gasteiger partial charge is 0.309 e. The van der Waals surface area contributed by atoms with Crippen LogP contribution < -0.4 is 5.32 Å². The summed E-state index contributed by atoms with van der Waals surface area (Å²) in [6.45, 7) is 7.52. The van der Waals surface area contributed by atoms with Gasteiger partial charge in [0.15, 0.2) is 0 Å². The average Bonchev–Trinajstić information content (AvgIpc) is 2.94. The van der Waals surface area contributed by atoms with Gasteiger partial charge in [0.1, 0.15) is 0 Å². The van der Waals surface area contributed by atoms with E-state index in [9.17, 15) is 0 Å². The maximum Gasteiger partial charge on any atom is 0.0829 e. The van der Waals surface area contributed by atoms with Crippen LogP contribution in [0.1, 0.15) is 55.3 Å². The molecule has 0 saturated carbocycles. The number of rotatable bonds is 7. The minimum Gasteiger partial charge on any atom is -0.309 e. The van der Waals surface area contributed by atoms with E-state index in [0.717, 1.165) is 25.1 Å². The average molecular weight is 290 g/mol. The fourth-order valence-corrected chi connectivity index (χ4v) is 3.06. The fourth-order valence-electron chi connectivity index (χ4n) is 2.18. The molecule has 4 nitrogen and oxygen atoms in total. The van der Waals surface area contributed by atoms with Crippen LogP contribution in [-0.4, -0.2) is 21.1 Å². The maximum absolute atomic E-state index is 4.30. The molecule has 1 N–H and O–H groups in total. The van der Waals surface area contributed by atoms with Gasteiger partial charge < -0.3 is 5.32 Å². The van der Waals surface area contributed by atoms with Crippen LogP contribution in [-0.2, 0) is 6.42 Å². The van der Waals surface area contributed by atoms with Crippen LogP contribution in [0.25, 0.3) is 0 Å². The lowest BCUT2D eigenvalue weighted by atomic mass is 10.0. The van der Waals surface area contributed by atoms with Crippen molar-refractivity contribution in [2.24, 2.45) is 0 Å². The van der Waals surface area contributed by atoms with Crippen LogP contribution in [0.2, 0.25) is 0 Å². The molecule has 2 rings (SSSR count). The van der Waals surface area contributed by atoms with E-state index in [0.29, 0.717) is 5.92 Å². The molecular formula is C15H22N4S. The first-order valence-corrected chi connectivity index (χ1v) is 7.94. The molecule has 0 bridgehead atoms. The number of nitrogens with zero attached hydrogens (tertiary/aromatic N) is 3. The Morgan fingerprint density at radius 3 is 2.85 bits per heavy atom. The van der Waals surface area contributed by atoms with Gasteiger partial charge >= 0.3 is 0 Å². The summed E-state index contributed by atoms with van der Waals surface area (Å²) in [5.41, 5.74) is 2.36. The molecule has 20 heavy (non-hydrogen) atoms. The van der Waals surface area contributed by atoms with Crippen molar-refractivity contribution in [3.63, 3.8) is 0 Å². The van der Waals surface area contributed by atoms with Crippen molar-refractivity contribution >= 4 is 11.5 Å². The van der Waals surface area contributed by atoms with E-state index in [1.54, 1.807) is 0 Å². The first-order chi connectivity index (χ1) is 9.72. The van der Waals surface area contributed by atoms with E-state index in [1.165, 1.54) is 22.0 Å². The molecule has 0 fully saturated rings. The molecule has 1 atom stereocenters. The summed E-state index contributed by atoms with van der Waals surface area (Å²) >= 11 is 1.51. The highest BCUT2D eigenvalue weighted by Crippen LogP contribution is 2.28. The van der Waals surface area contributed by atoms with Crippen LogP contribution in [0, 0.1) is 0 Å². The monoisotopic (exact) mass is 290 g/mol. The van der Waals surface area contributed by atoms with Gasteiger partial charge in [-0.25, -0.2) is 0 Å². The molecule has 0 aliphatic heterocycles. The van der Waals surface area contributed by atoms with Gasteiger partial charge in [0.2, 0.25) is 0 Å². The summed E-state index contributed by atoms with van der Waals surface area (Å²) < 4.78 is 4.15. The summed E-state index contributed by atoms with van der Waals surface area (Å²) in [6, 6.07) is 4.38. The van der Waals surface area contributed by atoms with Crippen LogP contribution in [0.4, 0.5) is 0 Å². The number of aromatic nitrogens is 3. The second kappa shape index (κ2) is 7.45. The van der Waals surface area contributed by atoms with Gasteiger partial charge in [0.05, 0.1) is 10.6 Å². The summed E-state index contributed by atoms with van der Waals surface area (Å²) in [6.07, 6.45) is 5.79. The highest BCUT2D eigenvalue weighted by atomic mass is 32.1. The molecule has 0 aliphatic rings. The van der Waals surface area contributed by atoms with Crippen molar-refractivity contribution in [2.75, 3.05) is 6.54 Å². The third kappa shape index (κ3) is 3.84. The lowest BCUT2D eigenvalue weighted by Gasteiger charge is -2.18. The van der Waals surface area contributed by atoms with E-state index in [-0.39, 0.29) is 6.04 Å². The second-order valence-corrected chi connectivity index (χ2v) is 6.03. The van der Waals surface area contributed by atoms with Gasteiger partial charge in [0, 0.05) is 18.4 Å². The number of nitrogens with one attached hydrogen (secondary N) is 1. The maximum atomic E-state index is 4.30. The molecule has 0 saturated heterocycles. The minimum absolute atomic E-state index is 0.275. The van der Waals surface area contributed by atoms with Crippen LogP contribution in [0.5, 0.6) is 0 Å². The standard InChI is InChI=1S/C15H22N4S/c1-4-7-17-13(9-12-6-5-8-16-10-12)15-14(11(2)3)18-19-20-15/h5-6,8,10-11,13,17H,4,7,9H2,1-3H3. The predicted octanol–water partition coefficient (Wildman–Crippen LogP) is 3.34. The van der Waals surface area contributed by atoms with Crippen molar-refractivity contribution in [1.29, 1.82) is 0 Å². The second-order valence-electron chi connectivity index (χ2n) is 5.25. The Morgan fingerprint density at radius 1 is 1.35 bits per heavy atom. The van der Waals surface area contributed by atoms with Crippen molar-refractivity contribution in [3.8, 4) is 0 Å². The zero-order valence-corrected chi connectivity index (χ0v) is 13.2. The molecule has 2 aromatic rings. The van der Waals surface area contributed by atoms with Crippen molar-refractivity contribution < 1.29 is 0 Å². The molecule has 0 amide bonds. The lowest BCUT2D eigenvalue weighted by Crippen LogP contribution is -2.24. The van der Waals surface area contributed by atoms with Crippen molar-refractivity contribution in [1.82, 2.24) is 19.9 Å². The fraction of sp³-hybridized carbons (Fsp3) is 0.533. The van der Waals surface area contributed by atoms with Crippen molar-refractivity contribution in [3.05, 3.63) is 40.7 Å². The third-order valence-electron chi connectivity index (χ3n) is 3.21. The van der Waals surface area contributed by atoms with E-state index >= 15 is 0 Å². The third-order valence-corrected chi connectivity index (χ3v) is 4.06. The Labute approximate surface area is 124 Å². The van der Waals surface area contributed by atoms with Gasteiger partial charge in [-0.1, -0.05) is 31.3 Å². The van der Waals surface area contributed by atoms with E-state index in [1.807, 2.05) is 18.5 Å². The highest BCUT2D eigenvalue weighted by Gasteiger charge is 2.21. The normalized spacial score (nSPS) is 12.8. The van der Waals surface area contributed by atoms with E-state index < -0.39 is 0 Å². The number of pyridine rings is 1. The Kier molecular flexibility index (Phi) is 5.61. The summed E-state index contributed by atoms with van der Waals surface area (Å²) in [5, 5.41) is 7.92. The molecule has 0 aromatic carbocycles. The Hall–Kier alpha value is -1.33. The zero-order chi connectivity index (χ0) is 14.4. The molecule has 0 aliphatic carbocycles. The first kappa shape index (κ1) is 15.1. The quantitative estimate of drug-likeness (QED) is 0.849. The van der Waals surface area contributed by atoms with E-state index in [2.05, 4.69) is 46.7 Å². The summed E-state index contributed by atoms with van der Waals surface area (Å²) in [7, 11) is 0. The Morgan fingerprint density at radius 2 is 2.20 bits per heavy atom. The topological polar surface area (TPSA) is 50.7 Å². The SMILES string of the molecule is CCCNC(Cc1cccnc1)c1snnc1C(C)C. The van der Waals surface area contributed by atoms with E-state index in [4.69, 9.17) is 0 Å². The predicted molar refractivity (Wildman–Crippen MR) is 83.0 cm³/mol. The van der Waals surface area contributed by atoms with Crippen LogP contribution in [0.3, 0.4) is 0 Å². The molecule has 0 radical (unpaired) electrons. The molecule has 5 heteroatoms. The molecule has 0 spiro atoms. The molecule has 1 unspecified atom stereocenters. The number of hydrogen-bond donors (Lipinski definition) is 1. The molecule has 2 aromatic heterocycles. The molecular weight excluding hydrogens is 268 g/mol. The molecule has 108 valence electrons. The van der Waals surface area contributed by atoms with Gasteiger partial charge in [0.25, 0.3) is 0 Å². The van der Waals surface area contributed by atoms with Gasteiger partial charge in [-0.15, -0.1) is 5.10 Å². The van der Waals surface area contributed by atoms with Crippen LogP contribution >= 0.6 is 11.5 Å². The Bertz CT molecular complexity index is 510. The number of hydrogen-bond acceptors (Lipinski definition) is 5. The lowest BCUT2D eigenvalue weighted by molar-refractivity contribution is 0.528. The summed E-state index contributed by atoms with van der Waals surface area (Å²) in [4.78, 5) is 5.46. The van der Waals surface area contributed by atoms with Crippen molar-refractivity contribution in [2.45, 2.75) is 45.6 Å². The van der Waals surface area contributed by atoms with Crippen LogP contribution in [0.15, 0.2) is 24.5 Å². The zero-order valence-electron chi connectivity index (χ0n) is 12.3. The summed E-state index contributed by atoms with van der Waals surface area (Å²) in [5.74, 6) is 0.406. The van der Waals surface area contributed by atoms with Gasteiger partial charge in [-0.3, -0.25) is 4.98 Å². The van der Waals surface area contributed by atoms with Gasteiger partial charge in [-0.2, -0.15) is 0 Å². The van der Waals surface area contributed by atoms with Gasteiger partial charge in [-0.05, 0) is 48.5 Å². The first-order valence-electron chi connectivity index (χ1n) is 7.16. The molecule has 2 heterocycles. The highest BCUT2D eigenvalue weighted by molar-refractivity contribution is 7.05. The smallest absolute Gasteiger partial charge is 0.0829 e. The Balaban J connectivity index is 2.20.